The first kappa shape index (κ1) is 12.4. The van der Waals surface area contributed by atoms with Crippen molar-refractivity contribution in [1.82, 2.24) is 0 Å². The number of aliphatic hydroxyl groups is 1. The molecule has 0 fully saturated rings. The van der Waals surface area contributed by atoms with Crippen molar-refractivity contribution < 1.29 is 9.90 Å². The van der Waals surface area contributed by atoms with E-state index in [0.29, 0.717) is 9.75 Å². The maximum Gasteiger partial charge on any atom is 0.206 e. The van der Waals surface area contributed by atoms with Crippen molar-refractivity contribution in [3.8, 4) is 0 Å². The smallest absolute Gasteiger partial charge is 0.206 e. The monoisotopic (exact) mass is 380 g/mol. The van der Waals surface area contributed by atoms with Gasteiger partial charge in [-0.05, 0) is 44.0 Å². The molecule has 2 nitrogen and oxygen atoms in total. The zero-order valence-electron chi connectivity index (χ0n) is 7.81. The molecular weight excluding hydrogens is 376 g/mol. The highest BCUT2D eigenvalue weighted by Gasteiger charge is 2.22. The van der Waals surface area contributed by atoms with Crippen LogP contribution in [0.3, 0.4) is 0 Å². The molecule has 1 unspecified atom stereocenters. The number of rotatable bonds is 3. The summed E-state index contributed by atoms with van der Waals surface area (Å²) in [4.78, 5) is 13.1. The van der Waals surface area contributed by atoms with E-state index in [1.165, 1.54) is 22.7 Å². The summed E-state index contributed by atoms with van der Waals surface area (Å²) in [6, 6.07) is 3.48. The van der Waals surface area contributed by atoms with E-state index >= 15 is 0 Å². The first-order valence-electron chi connectivity index (χ1n) is 4.28. The average Bonchev–Trinajstić information content (AvgIpc) is 2.85. The van der Waals surface area contributed by atoms with Crippen molar-refractivity contribution in [3.63, 3.8) is 0 Å². The van der Waals surface area contributed by atoms with Gasteiger partial charge in [0.15, 0.2) is 6.10 Å². The van der Waals surface area contributed by atoms with Crippen LogP contribution in [0, 0.1) is 0 Å². The Morgan fingerprint density at radius 2 is 1.81 bits per heavy atom. The molecule has 0 aromatic carbocycles. The number of hydrogen-bond acceptors (Lipinski definition) is 4. The van der Waals surface area contributed by atoms with E-state index in [4.69, 9.17) is 0 Å². The van der Waals surface area contributed by atoms with E-state index in [1.807, 2.05) is 10.8 Å². The van der Waals surface area contributed by atoms with Crippen LogP contribution >= 0.6 is 54.5 Å². The Bertz CT molecular complexity index is 518. The topological polar surface area (TPSA) is 37.3 Å². The van der Waals surface area contributed by atoms with Crippen LogP contribution in [0.1, 0.15) is 20.7 Å². The van der Waals surface area contributed by atoms with Gasteiger partial charge in [-0.25, -0.2) is 0 Å². The predicted octanol–water partition coefficient (Wildman–Crippen LogP) is 4.25. The van der Waals surface area contributed by atoms with Crippen LogP contribution in [0.2, 0.25) is 0 Å². The molecule has 0 aliphatic carbocycles. The van der Waals surface area contributed by atoms with E-state index in [2.05, 4.69) is 31.9 Å². The summed E-state index contributed by atoms with van der Waals surface area (Å²) >= 11 is 9.26. The highest BCUT2D eigenvalue weighted by atomic mass is 79.9. The summed E-state index contributed by atoms with van der Waals surface area (Å²) in [5.41, 5.74) is 0. The molecule has 0 radical (unpaired) electrons. The molecule has 0 saturated carbocycles. The number of ketones is 1. The number of hydrogen-bond donors (Lipinski definition) is 1. The SMILES string of the molecule is O=C(c1cc(Br)cs1)C(O)c1cc(Br)cs1. The lowest BCUT2D eigenvalue weighted by Gasteiger charge is -2.04. The highest BCUT2D eigenvalue weighted by molar-refractivity contribution is 9.10. The zero-order chi connectivity index (χ0) is 11.7. The Labute approximate surface area is 117 Å². The second kappa shape index (κ2) is 5.10. The van der Waals surface area contributed by atoms with Crippen molar-refractivity contribution in [2.45, 2.75) is 6.10 Å². The molecular formula is C10H6Br2O2S2. The van der Waals surface area contributed by atoms with Crippen LogP contribution in [-0.4, -0.2) is 10.9 Å². The lowest BCUT2D eigenvalue weighted by atomic mass is 10.2. The van der Waals surface area contributed by atoms with Gasteiger partial charge in [0.25, 0.3) is 0 Å². The minimum Gasteiger partial charge on any atom is -0.379 e. The van der Waals surface area contributed by atoms with Crippen molar-refractivity contribution in [2.75, 3.05) is 0 Å². The van der Waals surface area contributed by atoms with Crippen LogP contribution in [0.25, 0.3) is 0 Å². The van der Waals surface area contributed by atoms with Crippen molar-refractivity contribution >= 4 is 60.3 Å². The molecule has 0 amide bonds. The number of aliphatic hydroxyl groups excluding tert-OH is 1. The van der Waals surface area contributed by atoms with E-state index in [-0.39, 0.29) is 5.78 Å². The third kappa shape index (κ3) is 2.62. The van der Waals surface area contributed by atoms with Crippen LogP contribution in [0.5, 0.6) is 0 Å². The standard InChI is InChI=1S/C10H6Br2O2S2/c11-5-1-7(15-3-5)9(13)10(14)8-2-6(12)4-16-8/h1-4,9,13H. The van der Waals surface area contributed by atoms with Gasteiger partial charge in [-0.15, -0.1) is 22.7 Å². The molecule has 0 saturated heterocycles. The van der Waals surface area contributed by atoms with Crippen LogP contribution in [-0.2, 0) is 0 Å². The fraction of sp³-hybridized carbons (Fsp3) is 0.100. The Kier molecular flexibility index (Phi) is 3.97. The van der Waals surface area contributed by atoms with Gasteiger partial charge in [-0.3, -0.25) is 4.79 Å². The van der Waals surface area contributed by atoms with Gasteiger partial charge in [0.2, 0.25) is 5.78 Å². The van der Waals surface area contributed by atoms with Gasteiger partial charge in [-0.1, -0.05) is 0 Å². The number of carbonyl (C=O) groups is 1. The predicted molar refractivity (Wildman–Crippen MR) is 73.3 cm³/mol. The molecule has 0 bridgehead atoms. The van der Waals surface area contributed by atoms with Gasteiger partial charge < -0.3 is 5.11 Å². The summed E-state index contributed by atoms with van der Waals surface area (Å²) in [5, 5.41) is 13.6. The summed E-state index contributed by atoms with van der Waals surface area (Å²) in [7, 11) is 0. The van der Waals surface area contributed by atoms with Crippen LogP contribution < -0.4 is 0 Å². The third-order valence-electron chi connectivity index (χ3n) is 1.92. The Morgan fingerprint density at radius 3 is 2.31 bits per heavy atom. The lowest BCUT2D eigenvalue weighted by molar-refractivity contribution is 0.0758. The summed E-state index contributed by atoms with van der Waals surface area (Å²) in [5.74, 6) is -0.259. The Balaban J connectivity index is 2.22. The van der Waals surface area contributed by atoms with Crippen LogP contribution in [0.4, 0.5) is 0 Å². The minimum absolute atomic E-state index is 0.259. The van der Waals surface area contributed by atoms with Gasteiger partial charge in [0.05, 0.1) is 4.88 Å². The second-order valence-electron chi connectivity index (χ2n) is 3.06. The average molecular weight is 382 g/mol. The summed E-state index contributed by atoms with van der Waals surface area (Å²) in [6.45, 7) is 0. The first-order valence-corrected chi connectivity index (χ1v) is 7.62. The van der Waals surface area contributed by atoms with Gasteiger partial charge in [0.1, 0.15) is 0 Å². The molecule has 2 heterocycles. The van der Waals surface area contributed by atoms with E-state index in [0.717, 1.165) is 8.95 Å². The van der Waals surface area contributed by atoms with Crippen molar-refractivity contribution in [2.24, 2.45) is 0 Å². The van der Waals surface area contributed by atoms with E-state index in [1.54, 1.807) is 12.1 Å². The third-order valence-corrected chi connectivity index (χ3v) is 5.37. The first-order chi connectivity index (χ1) is 7.58. The molecule has 2 rings (SSSR count). The van der Waals surface area contributed by atoms with Crippen molar-refractivity contribution in [3.05, 3.63) is 41.6 Å². The molecule has 0 spiro atoms. The maximum atomic E-state index is 11.9. The molecule has 1 N–H and O–H groups in total. The maximum absolute atomic E-state index is 11.9. The molecule has 6 heteroatoms. The van der Waals surface area contributed by atoms with Gasteiger partial charge >= 0.3 is 0 Å². The number of carbonyl (C=O) groups excluding carboxylic acids is 1. The van der Waals surface area contributed by atoms with Gasteiger partial charge in [-0.2, -0.15) is 0 Å². The Morgan fingerprint density at radius 1 is 1.19 bits per heavy atom. The molecule has 0 aliphatic heterocycles. The Hall–Kier alpha value is -0.0100. The van der Waals surface area contributed by atoms with Gasteiger partial charge in [0, 0.05) is 24.6 Å². The largest absolute Gasteiger partial charge is 0.379 e. The number of thiophene rings is 2. The molecule has 2 aromatic rings. The molecule has 84 valence electrons. The van der Waals surface area contributed by atoms with E-state index < -0.39 is 6.10 Å². The van der Waals surface area contributed by atoms with Crippen molar-refractivity contribution in [1.29, 1.82) is 0 Å². The normalized spacial score (nSPS) is 12.7. The minimum atomic E-state index is -1.07. The molecule has 0 aliphatic rings. The summed E-state index contributed by atoms with van der Waals surface area (Å²) < 4.78 is 1.74. The summed E-state index contributed by atoms with van der Waals surface area (Å²) in [6.07, 6.45) is -1.07. The second-order valence-corrected chi connectivity index (χ2v) is 6.75. The molecule has 16 heavy (non-hydrogen) atoms. The fourth-order valence-corrected chi connectivity index (χ4v) is 4.00. The molecule has 1 atom stereocenters. The van der Waals surface area contributed by atoms with Crippen LogP contribution in [0.15, 0.2) is 31.8 Å². The number of halogens is 2. The fourth-order valence-electron chi connectivity index (χ4n) is 1.18. The zero-order valence-corrected chi connectivity index (χ0v) is 12.6. The van der Waals surface area contributed by atoms with E-state index in [9.17, 15) is 9.90 Å². The molecule has 2 aromatic heterocycles. The quantitative estimate of drug-likeness (QED) is 0.807. The number of Topliss-reactive ketones (excluding diaryl/α,β-unsaturated/α-hetero) is 1. The lowest BCUT2D eigenvalue weighted by Crippen LogP contribution is -2.09. The highest BCUT2D eigenvalue weighted by Crippen LogP contribution is 2.30.